The molecule has 1 amide bonds. The summed E-state index contributed by atoms with van der Waals surface area (Å²) in [5.41, 5.74) is 1.12. The number of nitrogens with one attached hydrogen (secondary N) is 1. The number of nitrogens with zero attached hydrogens (tertiary/aromatic N) is 1. The van der Waals surface area contributed by atoms with E-state index in [1.54, 1.807) is 0 Å². The molecule has 0 bridgehead atoms. The van der Waals surface area contributed by atoms with Gasteiger partial charge in [0.05, 0.1) is 11.8 Å². The van der Waals surface area contributed by atoms with Crippen LogP contribution in [0.1, 0.15) is 31.4 Å². The first-order chi connectivity index (χ1) is 9.66. The maximum Gasteiger partial charge on any atom is 0.230 e. The van der Waals surface area contributed by atoms with Gasteiger partial charge in [0.1, 0.15) is 4.32 Å². The Bertz CT molecular complexity index is 458. The topological polar surface area (TPSA) is 32.3 Å². The Labute approximate surface area is 130 Å². The van der Waals surface area contributed by atoms with Gasteiger partial charge < -0.3 is 10.2 Å². The van der Waals surface area contributed by atoms with E-state index in [9.17, 15) is 4.79 Å². The average molecular weight is 308 g/mol. The van der Waals surface area contributed by atoms with E-state index in [4.69, 9.17) is 12.2 Å². The van der Waals surface area contributed by atoms with Crippen LogP contribution >= 0.6 is 24.0 Å². The molecule has 1 unspecified atom stereocenters. The molecule has 5 heteroatoms. The van der Waals surface area contributed by atoms with Gasteiger partial charge in [-0.1, -0.05) is 54.3 Å². The van der Waals surface area contributed by atoms with E-state index >= 15 is 0 Å². The highest BCUT2D eigenvalue weighted by atomic mass is 32.2. The summed E-state index contributed by atoms with van der Waals surface area (Å²) in [6.07, 6.45) is 2.41. The summed E-state index contributed by atoms with van der Waals surface area (Å²) >= 11 is 6.81. The fourth-order valence-electron chi connectivity index (χ4n) is 2.23. The number of likely N-dealkylation sites (tertiary alicyclic amines) is 1. The fraction of sp³-hybridized carbons (Fsp3) is 0.467. The van der Waals surface area contributed by atoms with E-state index in [0.717, 1.165) is 23.0 Å². The van der Waals surface area contributed by atoms with Crippen molar-refractivity contribution in [1.82, 2.24) is 10.2 Å². The number of carbonyl (C=O) groups is 1. The minimum Gasteiger partial charge on any atom is -0.358 e. The second kappa shape index (κ2) is 7.64. The number of thiocarbonyl (C=S) groups is 1. The van der Waals surface area contributed by atoms with Crippen LogP contribution in [0.3, 0.4) is 0 Å². The summed E-state index contributed by atoms with van der Waals surface area (Å²) in [6, 6.07) is 10.0. The lowest BCUT2D eigenvalue weighted by Crippen LogP contribution is -2.30. The summed E-state index contributed by atoms with van der Waals surface area (Å²) in [7, 11) is 0. The van der Waals surface area contributed by atoms with Crippen LogP contribution < -0.4 is 5.32 Å². The van der Waals surface area contributed by atoms with Crippen molar-refractivity contribution in [2.75, 3.05) is 18.8 Å². The van der Waals surface area contributed by atoms with E-state index in [2.05, 4.69) is 10.2 Å². The van der Waals surface area contributed by atoms with Gasteiger partial charge >= 0.3 is 0 Å². The third-order valence-corrected chi connectivity index (χ3v) is 4.89. The molecule has 1 fully saturated rings. The van der Waals surface area contributed by atoms with Crippen LogP contribution in [0.2, 0.25) is 0 Å². The van der Waals surface area contributed by atoms with Crippen LogP contribution in [-0.4, -0.2) is 34.0 Å². The predicted molar refractivity (Wildman–Crippen MR) is 88.9 cm³/mol. The standard InChI is InChI=1S/C15H20N2OS2/c1-12(13-7-3-2-4-8-13)16-14(18)11-20-15(19)17-9-5-6-10-17/h2-4,7-8,12H,5-6,9-11H2,1H3,(H,16,18). The third-order valence-electron chi connectivity index (χ3n) is 3.37. The van der Waals surface area contributed by atoms with E-state index in [1.165, 1.54) is 24.6 Å². The Morgan fingerprint density at radius 2 is 2.00 bits per heavy atom. The summed E-state index contributed by atoms with van der Waals surface area (Å²) in [5.74, 6) is 0.430. The molecule has 1 atom stereocenters. The molecular weight excluding hydrogens is 288 g/mol. The normalized spacial score (nSPS) is 15.9. The maximum atomic E-state index is 11.9. The zero-order chi connectivity index (χ0) is 14.4. The lowest BCUT2D eigenvalue weighted by atomic mass is 10.1. The second-order valence-electron chi connectivity index (χ2n) is 4.95. The van der Waals surface area contributed by atoms with Crippen LogP contribution in [0, 0.1) is 0 Å². The van der Waals surface area contributed by atoms with E-state index in [1.807, 2.05) is 37.3 Å². The molecule has 2 rings (SSSR count). The molecular formula is C15H20N2OS2. The van der Waals surface area contributed by atoms with Crippen molar-refractivity contribution in [3.8, 4) is 0 Å². The molecule has 0 radical (unpaired) electrons. The molecule has 1 aromatic rings. The van der Waals surface area contributed by atoms with Crippen LogP contribution in [0.5, 0.6) is 0 Å². The van der Waals surface area contributed by atoms with Crippen LogP contribution in [0.4, 0.5) is 0 Å². The summed E-state index contributed by atoms with van der Waals surface area (Å²) in [6.45, 7) is 4.07. The van der Waals surface area contributed by atoms with Crippen molar-refractivity contribution in [2.24, 2.45) is 0 Å². The van der Waals surface area contributed by atoms with Gasteiger partial charge in [0, 0.05) is 13.1 Å². The van der Waals surface area contributed by atoms with Crippen LogP contribution in [-0.2, 0) is 4.79 Å². The smallest absolute Gasteiger partial charge is 0.230 e. The molecule has 1 aliphatic heterocycles. The van der Waals surface area contributed by atoms with Crippen LogP contribution in [0.25, 0.3) is 0 Å². The van der Waals surface area contributed by atoms with Crippen molar-refractivity contribution in [3.05, 3.63) is 35.9 Å². The Morgan fingerprint density at radius 1 is 1.35 bits per heavy atom. The molecule has 0 aromatic heterocycles. The van der Waals surface area contributed by atoms with E-state index in [0.29, 0.717) is 5.75 Å². The van der Waals surface area contributed by atoms with E-state index < -0.39 is 0 Å². The number of amides is 1. The molecule has 1 aromatic carbocycles. The zero-order valence-corrected chi connectivity index (χ0v) is 13.3. The van der Waals surface area contributed by atoms with Gasteiger partial charge in [-0.05, 0) is 25.3 Å². The Hall–Kier alpha value is -1.07. The minimum absolute atomic E-state index is 0.0321. The van der Waals surface area contributed by atoms with E-state index in [-0.39, 0.29) is 11.9 Å². The molecule has 20 heavy (non-hydrogen) atoms. The lowest BCUT2D eigenvalue weighted by Gasteiger charge is -2.18. The number of benzene rings is 1. The Kier molecular flexibility index (Phi) is 5.86. The Morgan fingerprint density at radius 3 is 2.65 bits per heavy atom. The van der Waals surface area contributed by atoms with Crippen molar-refractivity contribution >= 4 is 34.2 Å². The fourth-order valence-corrected chi connectivity index (χ4v) is 3.29. The number of rotatable bonds is 4. The van der Waals surface area contributed by atoms with Gasteiger partial charge in [-0.25, -0.2) is 0 Å². The molecule has 1 heterocycles. The first-order valence-corrected chi connectivity index (χ1v) is 8.32. The van der Waals surface area contributed by atoms with Crippen molar-refractivity contribution in [2.45, 2.75) is 25.8 Å². The molecule has 0 aliphatic carbocycles. The first kappa shape index (κ1) is 15.3. The summed E-state index contributed by atoms with van der Waals surface area (Å²) < 4.78 is 0.852. The predicted octanol–water partition coefficient (Wildman–Crippen LogP) is 2.98. The number of carbonyl (C=O) groups excluding carboxylic acids is 1. The molecule has 1 saturated heterocycles. The Balaban J connectivity index is 1.73. The van der Waals surface area contributed by atoms with Gasteiger partial charge in [0.25, 0.3) is 0 Å². The second-order valence-corrected chi connectivity index (χ2v) is 6.56. The van der Waals surface area contributed by atoms with Gasteiger partial charge in [-0.15, -0.1) is 0 Å². The minimum atomic E-state index is 0.0321. The first-order valence-electron chi connectivity index (χ1n) is 6.93. The average Bonchev–Trinajstić information content (AvgIpc) is 3.00. The molecule has 1 aliphatic rings. The number of hydrogen-bond donors (Lipinski definition) is 1. The van der Waals surface area contributed by atoms with Gasteiger partial charge in [-0.3, -0.25) is 4.79 Å². The van der Waals surface area contributed by atoms with Crippen molar-refractivity contribution in [1.29, 1.82) is 0 Å². The van der Waals surface area contributed by atoms with Crippen molar-refractivity contribution in [3.63, 3.8) is 0 Å². The summed E-state index contributed by atoms with van der Waals surface area (Å²) in [4.78, 5) is 14.1. The van der Waals surface area contributed by atoms with Gasteiger partial charge in [-0.2, -0.15) is 0 Å². The number of thioether (sulfide) groups is 1. The van der Waals surface area contributed by atoms with Crippen LogP contribution in [0.15, 0.2) is 30.3 Å². The highest BCUT2D eigenvalue weighted by Gasteiger charge is 2.16. The molecule has 1 N–H and O–H groups in total. The zero-order valence-electron chi connectivity index (χ0n) is 11.7. The summed E-state index contributed by atoms with van der Waals surface area (Å²) in [5, 5.41) is 3.00. The maximum absolute atomic E-state index is 11.9. The highest BCUT2D eigenvalue weighted by Crippen LogP contribution is 2.17. The number of hydrogen-bond acceptors (Lipinski definition) is 3. The molecule has 108 valence electrons. The van der Waals surface area contributed by atoms with Gasteiger partial charge in [0.2, 0.25) is 5.91 Å². The monoisotopic (exact) mass is 308 g/mol. The van der Waals surface area contributed by atoms with Gasteiger partial charge in [0.15, 0.2) is 0 Å². The quantitative estimate of drug-likeness (QED) is 0.867. The largest absolute Gasteiger partial charge is 0.358 e. The van der Waals surface area contributed by atoms with Crippen molar-refractivity contribution < 1.29 is 4.79 Å². The molecule has 0 saturated carbocycles. The lowest BCUT2D eigenvalue weighted by molar-refractivity contribution is -0.119. The molecule has 3 nitrogen and oxygen atoms in total. The third kappa shape index (κ3) is 4.49. The SMILES string of the molecule is CC(NC(=O)CSC(=S)N1CCCC1)c1ccccc1. The highest BCUT2D eigenvalue weighted by molar-refractivity contribution is 8.23. The molecule has 0 spiro atoms.